The Hall–Kier alpha value is -1.53. The quantitative estimate of drug-likeness (QED) is 0.619. The Morgan fingerprint density at radius 3 is 2.60 bits per heavy atom. The van der Waals surface area contributed by atoms with E-state index in [1.165, 1.54) is 6.07 Å². The van der Waals surface area contributed by atoms with Crippen molar-refractivity contribution in [3.8, 4) is 0 Å². The largest absolute Gasteiger partial charge is 0.394 e. The normalized spacial score (nSPS) is 10.4. The van der Waals surface area contributed by atoms with Crippen LogP contribution in [-0.4, -0.2) is 40.4 Å². The zero-order valence-electron chi connectivity index (χ0n) is 7.85. The molecule has 0 unspecified atom stereocenters. The zero-order valence-corrected chi connectivity index (χ0v) is 7.85. The van der Waals surface area contributed by atoms with Crippen molar-refractivity contribution in [2.75, 3.05) is 13.2 Å². The zero-order chi connectivity index (χ0) is 11.3. The summed E-state index contributed by atoms with van der Waals surface area (Å²) in [5.41, 5.74) is 0.0308. The summed E-state index contributed by atoms with van der Waals surface area (Å²) < 4.78 is 12.5. The van der Waals surface area contributed by atoms with Gasteiger partial charge in [0.1, 0.15) is 11.5 Å². The minimum Gasteiger partial charge on any atom is -0.394 e. The fourth-order valence-corrected chi connectivity index (χ4v) is 0.918. The molecule has 0 saturated heterocycles. The van der Waals surface area contributed by atoms with E-state index < -0.39 is 17.8 Å². The van der Waals surface area contributed by atoms with Gasteiger partial charge >= 0.3 is 0 Å². The minimum atomic E-state index is -0.732. The number of aromatic nitrogens is 1. The fraction of sp³-hybridized carbons (Fsp3) is 0.333. The molecule has 82 valence electrons. The van der Waals surface area contributed by atoms with Crippen LogP contribution in [0.1, 0.15) is 10.5 Å². The number of rotatable bonds is 4. The van der Waals surface area contributed by atoms with E-state index in [4.69, 9.17) is 10.2 Å². The standard InChI is InChI=1S/C9H11FN2O3/c10-6-1-2-8(11-3-6)9(15)12-7(4-13)5-14/h1-3,7,13-14H,4-5H2,(H,12,15). The lowest BCUT2D eigenvalue weighted by atomic mass is 10.3. The average molecular weight is 214 g/mol. The summed E-state index contributed by atoms with van der Waals surface area (Å²) in [7, 11) is 0. The van der Waals surface area contributed by atoms with Gasteiger partial charge in [0, 0.05) is 0 Å². The lowest BCUT2D eigenvalue weighted by Gasteiger charge is -2.12. The molecule has 0 aliphatic heterocycles. The van der Waals surface area contributed by atoms with Crippen molar-refractivity contribution in [3.63, 3.8) is 0 Å². The first-order chi connectivity index (χ1) is 7.17. The van der Waals surface area contributed by atoms with Crippen LogP contribution in [-0.2, 0) is 0 Å². The number of carbonyl (C=O) groups is 1. The Balaban J connectivity index is 2.64. The molecule has 0 atom stereocenters. The number of hydrogen-bond donors (Lipinski definition) is 3. The van der Waals surface area contributed by atoms with Crippen LogP contribution < -0.4 is 5.32 Å². The summed E-state index contributed by atoms with van der Waals surface area (Å²) >= 11 is 0. The lowest BCUT2D eigenvalue weighted by Crippen LogP contribution is -2.40. The second-order valence-electron chi connectivity index (χ2n) is 2.90. The van der Waals surface area contributed by atoms with E-state index in [1.807, 2.05) is 0 Å². The van der Waals surface area contributed by atoms with Crippen LogP contribution in [0.25, 0.3) is 0 Å². The van der Waals surface area contributed by atoms with Crippen LogP contribution in [0.3, 0.4) is 0 Å². The Kier molecular flexibility index (Phi) is 4.14. The molecule has 1 rings (SSSR count). The van der Waals surface area contributed by atoms with Crippen molar-refractivity contribution in [3.05, 3.63) is 29.8 Å². The van der Waals surface area contributed by atoms with Crippen molar-refractivity contribution in [1.82, 2.24) is 10.3 Å². The third-order valence-corrected chi connectivity index (χ3v) is 1.74. The average Bonchev–Trinajstić information content (AvgIpc) is 2.26. The van der Waals surface area contributed by atoms with Gasteiger partial charge in [0.15, 0.2) is 0 Å². The molecule has 3 N–H and O–H groups in total. The lowest BCUT2D eigenvalue weighted by molar-refractivity contribution is 0.0874. The molecule has 0 aromatic carbocycles. The monoisotopic (exact) mass is 214 g/mol. The molecule has 0 aliphatic carbocycles. The molecular weight excluding hydrogens is 203 g/mol. The number of nitrogens with one attached hydrogen (secondary N) is 1. The molecule has 0 bridgehead atoms. The molecule has 1 amide bonds. The van der Waals surface area contributed by atoms with Crippen LogP contribution in [0.4, 0.5) is 4.39 Å². The van der Waals surface area contributed by atoms with Gasteiger partial charge in [-0.05, 0) is 12.1 Å². The van der Waals surface area contributed by atoms with Crippen molar-refractivity contribution < 1.29 is 19.4 Å². The number of nitrogens with zero attached hydrogens (tertiary/aromatic N) is 1. The first-order valence-corrected chi connectivity index (χ1v) is 4.31. The van der Waals surface area contributed by atoms with Crippen molar-refractivity contribution >= 4 is 5.91 Å². The Labute approximate surface area is 85.6 Å². The maximum atomic E-state index is 12.5. The topological polar surface area (TPSA) is 82.5 Å². The fourth-order valence-electron chi connectivity index (χ4n) is 0.918. The number of aliphatic hydroxyl groups excluding tert-OH is 2. The highest BCUT2D eigenvalue weighted by Crippen LogP contribution is 1.98. The van der Waals surface area contributed by atoms with E-state index in [9.17, 15) is 9.18 Å². The first kappa shape index (κ1) is 11.5. The highest BCUT2D eigenvalue weighted by atomic mass is 19.1. The maximum absolute atomic E-state index is 12.5. The molecular formula is C9H11FN2O3. The molecule has 0 radical (unpaired) electrons. The van der Waals surface area contributed by atoms with E-state index >= 15 is 0 Å². The highest BCUT2D eigenvalue weighted by molar-refractivity contribution is 5.92. The molecule has 1 aromatic heterocycles. The Morgan fingerprint density at radius 1 is 1.47 bits per heavy atom. The molecule has 5 nitrogen and oxygen atoms in total. The number of carbonyl (C=O) groups excluding carboxylic acids is 1. The van der Waals surface area contributed by atoms with Gasteiger partial charge < -0.3 is 15.5 Å². The highest BCUT2D eigenvalue weighted by Gasteiger charge is 2.12. The van der Waals surface area contributed by atoms with Crippen LogP contribution in [0, 0.1) is 5.82 Å². The van der Waals surface area contributed by atoms with Gasteiger partial charge in [-0.15, -0.1) is 0 Å². The molecule has 15 heavy (non-hydrogen) atoms. The SMILES string of the molecule is O=C(NC(CO)CO)c1ccc(F)cn1. The molecule has 1 heterocycles. The number of pyridine rings is 1. The number of aliphatic hydroxyl groups is 2. The third-order valence-electron chi connectivity index (χ3n) is 1.74. The molecule has 6 heteroatoms. The second kappa shape index (κ2) is 5.38. The predicted octanol–water partition coefficient (Wildman–Crippen LogP) is -0.696. The summed E-state index contributed by atoms with van der Waals surface area (Å²) in [6, 6.07) is 1.59. The summed E-state index contributed by atoms with van der Waals surface area (Å²) in [4.78, 5) is 14.9. The summed E-state index contributed by atoms with van der Waals surface area (Å²) in [6.07, 6.45) is 0.918. The molecule has 0 spiro atoms. The van der Waals surface area contributed by atoms with Crippen molar-refractivity contribution in [2.24, 2.45) is 0 Å². The molecule has 0 saturated carbocycles. The van der Waals surface area contributed by atoms with E-state index in [0.717, 1.165) is 12.3 Å². The van der Waals surface area contributed by atoms with Gasteiger partial charge in [-0.3, -0.25) is 4.79 Å². The van der Waals surface area contributed by atoms with Crippen LogP contribution in [0.5, 0.6) is 0 Å². The van der Waals surface area contributed by atoms with Crippen LogP contribution >= 0.6 is 0 Å². The first-order valence-electron chi connectivity index (χ1n) is 4.31. The Bertz CT molecular complexity index is 325. The smallest absolute Gasteiger partial charge is 0.270 e. The second-order valence-corrected chi connectivity index (χ2v) is 2.90. The number of hydrogen-bond acceptors (Lipinski definition) is 4. The van der Waals surface area contributed by atoms with E-state index in [1.54, 1.807) is 0 Å². The van der Waals surface area contributed by atoms with E-state index in [0.29, 0.717) is 0 Å². The van der Waals surface area contributed by atoms with E-state index in [2.05, 4.69) is 10.3 Å². The maximum Gasteiger partial charge on any atom is 0.270 e. The summed E-state index contributed by atoms with van der Waals surface area (Å²) in [6.45, 7) is -0.743. The van der Waals surface area contributed by atoms with Gasteiger partial charge in [-0.1, -0.05) is 0 Å². The van der Waals surface area contributed by atoms with Gasteiger partial charge in [-0.2, -0.15) is 0 Å². The number of amides is 1. The van der Waals surface area contributed by atoms with Gasteiger partial charge in [0.25, 0.3) is 5.91 Å². The summed E-state index contributed by atoms with van der Waals surface area (Å²) in [5.74, 6) is -1.10. The predicted molar refractivity (Wildman–Crippen MR) is 49.6 cm³/mol. The molecule has 0 aliphatic rings. The van der Waals surface area contributed by atoms with Crippen molar-refractivity contribution in [1.29, 1.82) is 0 Å². The number of halogens is 1. The van der Waals surface area contributed by atoms with Gasteiger partial charge in [0.05, 0.1) is 25.5 Å². The minimum absolute atomic E-state index is 0.0308. The summed E-state index contributed by atoms with van der Waals surface area (Å²) in [5, 5.41) is 19.7. The van der Waals surface area contributed by atoms with Crippen LogP contribution in [0.2, 0.25) is 0 Å². The molecule has 0 fully saturated rings. The van der Waals surface area contributed by atoms with E-state index in [-0.39, 0.29) is 18.9 Å². The Morgan fingerprint density at radius 2 is 2.13 bits per heavy atom. The van der Waals surface area contributed by atoms with Gasteiger partial charge in [-0.25, -0.2) is 9.37 Å². The third kappa shape index (κ3) is 3.26. The van der Waals surface area contributed by atoms with Crippen molar-refractivity contribution in [2.45, 2.75) is 6.04 Å². The van der Waals surface area contributed by atoms with Gasteiger partial charge in [0.2, 0.25) is 0 Å². The van der Waals surface area contributed by atoms with Crippen LogP contribution in [0.15, 0.2) is 18.3 Å². The molecule has 1 aromatic rings.